The van der Waals surface area contributed by atoms with Crippen LogP contribution >= 0.6 is 28.3 Å². The average Bonchev–Trinajstić information content (AvgIpc) is 2.00. The van der Waals surface area contributed by atoms with Gasteiger partial charge in [0, 0.05) is 11.0 Å². The molecule has 1 saturated heterocycles. The second kappa shape index (κ2) is 4.99. The summed E-state index contributed by atoms with van der Waals surface area (Å²) in [4.78, 5) is 2.46. The largest absolute Gasteiger partial charge is 0.299 e. The number of halogens is 2. The Morgan fingerprint density at radius 3 is 2.46 bits per heavy atom. The van der Waals surface area contributed by atoms with Gasteiger partial charge in [0.15, 0.2) is 0 Å². The summed E-state index contributed by atoms with van der Waals surface area (Å²) in [5.41, 5.74) is 1.40. The lowest BCUT2D eigenvalue weighted by molar-refractivity contribution is 0.172. The third kappa shape index (κ3) is 2.70. The van der Waals surface area contributed by atoms with E-state index in [4.69, 9.17) is 0 Å². The van der Waals surface area contributed by atoms with Crippen LogP contribution in [0.3, 0.4) is 0 Å². The third-order valence-corrected chi connectivity index (χ3v) is 3.07. The molecule has 1 heterocycles. The van der Waals surface area contributed by atoms with E-state index in [2.05, 4.69) is 45.1 Å². The van der Waals surface area contributed by atoms with E-state index in [1.54, 1.807) is 0 Å². The minimum Gasteiger partial charge on any atom is -0.299 e. The first-order chi connectivity index (χ1) is 5.86. The molecule has 0 aliphatic carbocycles. The van der Waals surface area contributed by atoms with Crippen molar-refractivity contribution in [2.75, 3.05) is 13.1 Å². The molecule has 0 N–H and O–H groups in total. The fourth-order valence-corrected chi connectivity index (χ4v) is 1.82. The highest BCUT2D eigenvalue weighted by molar-refractivity contribution is 9.10. The van der Waals surface area contributed by atoms with Gasteiger partial charge in [-0.25, -0.2) is 0 Å². The summed E-state index contributed by atoms with van der Waals surface area (Å²) < 4.78 is 1.23. The lowest BCUT2D eigenvalue weighted by atomic mass is 10.1. The van der Waals surface area contributed by atoms with Gasteiger partial charge in [0.25, 0.3) is 0 Å². The maximum absolute atomic E-state index is 3.55. The van der Waals surface area contributed by atoms with Crippen molar-refractivity contribution >= 4 is 28.3 Å². The van der Waals surface area contributed by atoms with Crippen molar-refractivity contribution in [1.82, 2.24) is 4.90 Å². The lowest BCUT2D eigenvalue weighted by Gasteiger charge is -2.30. The molecule has 0 saturated carbocycles. The number of rotatable bonds is 2. The molecule has 2 rings (SSSR count). The molecule has 0 aromatic heterocycles. The summed E-state index contributed by atoms with van der Waals surface area (Å²) in [6.07, 6.45) is 1.37. The summed E-state index contributed by atoms with van der Waals surface area (Å²) in [5, 5.41) is 0. The first kappa shape index (κ1) is 11.0. The van der Waals surface area contributed by atoms with Crippen LogP contribution in [-0.2, 0) is 6.54 Å². The van der Waals surface area contributed by atoms with Gasteiger partial charge in [-0.15, -0.1) is 12.4 Å². The van der Waals surface area contributed by atoms with E-state index >= 15 is 0 Å². The normalized spacial score (nSPS) is 16.1. The predicted octanol–water partition coefficient (Wildman–Crippen LogP) is 3.08. The van der Waals surface area contributed by atoms with Gasteiger partial charge in [-0.05, 0) is 31.1 Å². The first-order valence-electron chi connectivity index (χ1n) is 4.32. The van der Waals surface area contributed by atoms with Crippen LogP contribution in [0.4, 0.5) is 0 Å². The molecular formula is C10H13BrClN. The number of hydrogen-bond acceptors (Lipinski definition) is 1. The van der Waals surface area contributed by atoms with Gasteiger partial charge < -0.3 is 0 Å². The van der Waals surface area contributed by atoms with Crippen molar-refractivity contribution < 1.29 is 0 Å². The quantitative estimate of drug-likeness (QED) is 0.792. The molecule has 72 valence electrons. The smallest absolute Gasteiger partial charge is 0.0244 e. The minimum atomic E-state index is 0. The molecule has 1 aliphatic heterocycles. The Kier molecular flexibility index (Phi) is 4.23. The van der Waals surface area contributed by atoms with E-state index in [-0.39, 0.29) is 12.4 Å². The molecule has 1 aromatic carbocycles. The first-order valence-corrected chi connectivity index (χ1v) is 5.11. The van der Waals surface area contributed by atoms with Crippen molar-refractivity contribution in [2.45, 2.75) is 13.0 Å². The molecule has 0 bridgehead atoms. The molecule has 1 aromatic rings. The Balaban J connectivity index is 0.000000845. The third-order valence-electron chi connectivity index (χ3n) is 2.30. The molecule has 0 amide bonds. The Labute approximate surface area is 93.7 Å². The van der Waals surface area contributed by atoms with E-state index < -0.39 is 0 Å². The van der Waals surface area contributed by atoms with Crippen LogP contribution in [0.1, 0.15) is 12.0 Å². The van der Waals surface area contributed by atoms with E-state index in [1.165, 1.54) is 29.5 Å². The van der Waals surface area contributed by atoms with Crippen LogP contribution in [-0.4, -0.2) is 18.0 Å². The van der Waals surface area contributed by atoms with Crippen molar-refractivity contribution in [1.29, 1.82) is 0 Å². The molecule has 0 unspecified atom stereocenters. The number of hydrogen-bond donors (Lipinski definition) is 0. The van der Waals surface area contributed by atoms with Crippen molar-refractivity contribution in [3.8, 4) is 0 Å². The molecule has 0 atom stereocenters. The SMILES string of the molecule is Brc1ccccc1CN1CCC1.Cl. The average molecular weight is 263 g/mol. The standard InChI is InChI=1S/C10H12BrN.ClH/c11-10-5-2-1-4-9(10)8-12-6-3-7-12;/h1-2,4-5H,3,6-8H2;1H. The van der Waals surface area contributed by atoms with Crippen LogP contribution in [0.25, 0.3) is 0 Å². The van der Waals surface area contributed by atoms with E-state index in [0.29, 0.717) is 0 Å². The van der Waals surface area contributed by atoms with Crippen LogP contribution in [0.15, 0.2) is 28.7 Å². The molecule has 13 heavy (non-hydrogen) atoms. The van der Waals surface area contributed by atoms with Crippen LogP contribution in [0.2, 0.25) is 0 Å². The predicted molar refractivity (Wildman–Crippen MR) is 61.3 cm³/mol. The highest BCUT2D eigenvalue weighted by atomic mass is 79.9. The molecule has 1 aliphatic rings. The Bertz CT molecular complexity index is 273. The topological polar surface area (TPSA) is 3.24 Å². The monoisotopic (exact) mass is 261 g/mol. The van der Waals surface area contributed by atoms with Crippen molar-refractivity contribution in [3.05, 3.63) is 34.3 Å². The Morgan fingerprint density at radius 1 is 1.23 bits per heavy atom. The zero-order valence-corrected chi connectivity index (χ0v) is 9.77. The van der Waals surface area contributed by atoms with E-state index in [0.717, 1.165) is 6.54 Å². The van der Waals surface area contributed by atoms with Crippen LogP contribution in [0, 0.1) is 0 Å². The van der Waals surface area contributed by atoms with Crippen LogP contribution < -0.4 is 0 Å². The van der Waals surface area contributed by atoms with Crippen LogP contribution in [0.5, 0.6) is 0 Å². The van der Waals surface area contributed by atoms with E-state index in [1.807, 2.05) is 0 Å². The number of nitrogens with zero attached hydrogens (tertiary/aromatic N) is 1. The summed E-state index contributed by atoms with van der Waals surface area (Å²) in [7, 11) is 0. The van der Waals surface area contributed by atoms with Gasteiger partial charge >= 0.3 is 0 Å². The summed E-state index contributed by atoms with van der Waals surface area (Å²) in [6.45, 7) is 3.63. The second-order valence-corrected chi connectivity index (χ2v) is 4.08. The maximum atomic E-state index is 3.55. The number of likely N-dealkylation sites (tertiary alicyclic amines) is 1. The zero-order valence-electron chi connectivity index (χ0n) is 7.37. The molecule has 1 fully saturated rings. The van der Waals surface area contributed by atoms with Crippen molar-refractivity contribution in [2.24, 2.45) is 0 Å². The molecular weight excluding hydrogens is 249 g/mol. The van der Waals surface area contributed by atoms with Crippen molar-refractivity contribution in [3.63, 3.8) is 0 Å². The van der Waals surface area contributed by atoms with E-state index in [9.17, 15) is 0 Å². The fourth-order valence-electron chi connectivity index (χ4n) is 1.41. The molecule has 0 spiro atoms. The number of benzene rings is 1. The lowest BCUT2D eigenvalue weighted by Crippen LogP contribution is -2.36. The highest BCUT2D eigenvalue weighted by Gasteiger charge is 2.14. The van der Waals surface area contributed by atoms with Gasteiger partial charge in [-0.3, -0.25) is 4.90 Å². The summed E-state index contributed by atoms with van der Waals surface area (Å²) >= 11 is 3.55. The zero-order chi connectivity index (χ0) is 8.39. The van der Waals surface area contributed by atoms with Gasteiger partial charge in [0.05, 0.1) is 0 Å². The molecule has 0 radical (unpaired) electrons. The molecule has 3 heteroatoms. The highest BCUT2D eigenvalue weighted by Crippen LogP contribution is 2.19. The summed E-state index contributed by atoms with van der Waals surface area (Å²) in [5.74, 6) is 0. The fraction of sp³-hybridized carbons (Fsp3) is 0.400. The molecule has 1 nitrogen and oxygen atoms in total. The second-order valence-electron chi connectivity index (χ2n) is 3.22. The van der Waals surface area contributed by atoms with Gasteiger partial charge in [0.2, 0.25) is 0 Å². The Hall–Kier alpha value is -0.0500. The summed E-state index contributed by atoms with van der Waals surface area (Å²) in [6, 6.07) is 8.45. The van der Waals surface area contributed by atoms with Gasteiger partial charge in [-0.1, -0.05) is 34.1 Å². The maximum Gasteiger partial charge on any atom is 0.0244 e. The van der Waals surface area contributed by atoms with Gasteiger partial charge in [-0.2, -0.15) is 0 Å². The minimum absolute atomic E-state index is 0. The Morgan fingerprint density at radius 2 is 1.92 bits per heavy atom. The van der Waals surface area contributed by atoms with Gasteiger partial charge in [0.1, 0.15) is 0 Å².